The van der Waals surface area contributed by atoms with Gasteiger partial charge in [-0.2, -0.15) is 0 Å². The molecule has 0 aliphatic rings. The van der Waals surface area contributed by atoms with E-state index in [0.29, 0.717) is 23.1 Å². The lowest BCUT2D eigenvalue weighted by Crippen LogP contribution is -2.28. The predicted octanol–water partition coefficient (Wildman–Crippen LogP) is 4.80. The first kappa shape index (κ1) is 21.6. The van der Waals surface area contributed by atoms with Gasteiger partial charge in [-0.1, -0.05) is 42.5 Å². The normalized spacial score (nSPS) is 11.2. The van der Waals surface area contributed by atoms with Gasteiger partial charge in [-0.15, -0.1) is 0 Å². The fourth-order valence-electron chi connectivity index (χ4n) is 4.28. The van der Waals surface area contributed by atoms with E-state index in [1.54, 1.807) is 36.2 Å². The van der Waals surface area contributed by atoms with Gasteiger partial charge in [-0.05, 0) is 47.9 Å². The molecular formula is C27H23FN4O2. The highest BCUT2D eigenvalue weighted by atomic mass is 19.1. The zero-order valence-corrected chi connectivity index (χ0v) is 18.6. The number of rotatable bonds is 6. The molecule has 0 bridgehead atoms. The molecule has 0 unspecified atom stereocenters. The smallest absolute Gasteiger partial charge is 0.258 e. The van der Waals surface area contributed by atoms with Crippen molar-refractivity contribution in [3.8, 4) is 11.3 Å². The van der Waals surface area contributed by atoms with Gasteiger partial charge in [-0.3, -0.25) is 9.59 Å². The SMILES string of the molecule is CN(Cc1nc2ccccc2c(=O)[nH]1)C(=O)CCc1c(-c2ccccc2)[nH]c2ccc(F)cc12. The summed E-state index contributed by atoms with van der Waals surface area (Å²) in [5.74, 6) is 0.0152. The number of amides is 1. The molecule has 7 heteroatoms. The Morgan fingerprint density at radius 2 is 1.74 bits per heavy atom. The summed E-state index contributed by atoms with van der Waals surface area (Å²) in [6.07, 6.45) is 0.677. The van der Waals surface area contributed by atoms with Crippen LogP contribution in [0.2, 0.25) is 0 Å². The molecule has 0 spiro atoms. The van der Waals surface area contributed by atoms with Crippen LogP contribution in [0.4, 0.5) is 4.39 Å². The summed E-state index contributed by atoms with van der Waals surface area (Å²) in [4.78, 5) is 37.5. The second-order valence-corrected chi connectivity index (χ2v) is 8.31. The van der Waals surface area contributed by atoms with Crippen molar-refractivity contribution in [3.05, 3.63) is 100 Å². The van der Waals surface area contributed by atoms with E-state index in [2.05, 4.69) is 15.0 Å². The van der Waals surface area contributed by atoms with Crippen molar-refractivity contribution in [2.45, 2.75) is 19.4 Å². The van der Waals surface area contributed by atoms with E-state index in [1.807, 2.05) is 36.4 Å². The highest BCUT2D eigenvalue weighted by Gasteiger charge is 2.17. The number of nitrogens with one attached hydrogen (secondary N) is 2. The topological polar surface area (TPSA) is 81.8 Å². The molecule has 0 aliphatic heterocycles. The van der Waals surface area contributed by atoms with Crippen molar-refractivity contribution >= 4 is 27.7 Å². The summed E-state index contributed by atoms with van der Waals surface area (Å²) in [6.45, 7) is 0.187. The molecule has 6 nitrogen and oxygen atoms in total. The van der Waals surface area contributed by atoms with Crippen molar-refractivity contribution in [3.63, 3.8) is 0 Å². The van der Waals surface area contributed by atoms with Gasteiger partial charge in [0.1, 0.15) is 11.6 Å². The first-order valence-electron chi connectivity index (χ1n) is 11.1. The summed E-state index contributed by atoms with van der Waals surface area (Å²) in [7, 11) is 1.69. The van der Waals surface area contributed by atoms with Crippen molar-refractivity contribution in [1.82, 2.24) is 19.9 Å². The van der Waals surface area contributed by atoms with Crippen molar-refractivity contribution < 1.29 is 9.18 Å². The molecule has 3 aromatic carbocycles. The molecule has 34 heavy (non-hydrogen) atoms. The van der Waals surface area contributed by atoms with E-state index in [4.69, 9.17) is 0 Å². The third-order valence-electron chi connectivity index (χ3n) is 5.99. The van der Waals surface area contributed by atoms with Gasteiger partial charge in [0, 0.05) is 30.1 Å². The fraction of sp³-hybridized carbons (Fsp3) is 0.148. The number of hydrogen-bond acceptors (Lipinski definition) is 3. The minimum Gasteiger partial charge on any atom is -0.354 e. The number of H-pyrrole nitrogens is 2. The fourth-order valence-corrected chi connectivity index (χ4v) is 4.28. The van der Waals surface area contributed by atoms with E-state index in [9.17, 15) is 14.0 Å². The number of carbonyl (C=O) groups excluding carboxylic acids is 1. The lowest BCUT2D eigenvalue weighted by Gasteiger charge is -2.17. The largest absolute Gasteiger partial charge is 0.354 e. The Bertz CT molecular complexity index is 1560. The number of aromatic nitrogens is 3. The number of benzene rings is 3. The van der Waals surface area contributed by atoms with Crippen LogP contribution in [-0.4, -0.2) is 32.8 Å². The van der Waals surface area contributed by atoms with E-state index < -0.39 is 0 Å². The average Bonchev–Trinajstić information content (AvgIpc) is 3.20. The van der Waals surface area contributed by atoms with Gasteiger partial charge in [0.15, 0.2) is 0 Å². The molecule has 2 aromatic heterocycles. The van der Waals surface area contributed by atoms with Gasteiger partial charge >= 0.3 is 0 Å². The molecule has 5 rings (SSSR count). The first-order valence-corrected chi connectivity index (χ1v) is 11.1. The van der Waals surface area contributed by atoms with Gasteiger partial charge in [-0.25, -0.2) is 9.37 Å². The zero-order valence-electron chi connectivity index (χ0n) is 18.6. The maximum atomic E-state index is 14.0. The third-order valence-corrected chi connectivity index (χ3v) is 5.99. The average molecular weight is 455 g/mol. The van der Waals surface area contributed by atoms with Gasteiger partial charge in [0.05, 0.1) is 17.4 Å². The molecule has 0 aliphatic carbocycles. The van der Waals surface area contributed by atoms with Crippen LogP contribution in [0.15, 0.2) is 77.6 Å². The minimum atomic E-state index is -0.317. The summed E-state index contributed by atoms with van der Waals surface area (Å²) in [5.41, 5.74) is 3.96. The number of para-hydroxylation sites is 1. The molecule has 170 valence electrons. The Morgan fingerprint density at radius 3 is 2.56 bits per heavy atom. The van der Waals surface area contributed by atoms with Crippen LogP contribution in [0.25, 0.3) is 33.1 Å². The molecule has 0 saturated heterocycles. The van der Waals surface area contributed by atoms with Crippen LogP contribution in [-0.2, 0) is 17.8 Å². The summed E-state index contributed by atoms with van der Waals surface area (Å²) < 4.78 is 14.0. The Balaban J connectivity index is 1.37. The number of fused-ring (bicyclic) bond motifs is 2. The highest BCUT2D eigenvalue weighted by Crippen LogP contribution is 2.32. The zero-order chi connectivity index (χ0) is 23.7. The Kier molecular flexibility index (Phi) is 5.67. The van der Waals surface area contributed by atoms with Crippen molar-refractivity contribution in [2.75, 3.05) is 7.05 Å². The van der Waals surface area contributed by atoms with Crippen molar-refractivity contribution in [2.24, 2.45) is 0 Å². The summed E-state index contributed by atoms with van der Waals surface area (Å²) >= 11 is 0. The molecule has 2 N–H and O–H groups in total. The molecule has 1 amide bonds. The number of hydrogen-bond donors (Lipinski definition) is 2. The molecule has 0 radical (unpaired) electrons. The second kappa shape index (κ2) is 8.94. The number of aryl methyl sites for hydroxylation is 1. The molecule has 0 saturated carbocycles. The van der Waals surface area contributed by atoms with Crippen molar-refractivity contribution in [1.29, 1.82) is 0 Å². The Hall–Kier alpha value is -4.26. The quantitative estimate of drug-likeness (QED) is 0.387. The van der Waals surface area contributed by atoms with Gasteiger partial charge < -0.3 is 14.9 Å². The summed E-state index contributed by atoms with van der Waals surface area (Å²) in [6, 6.07) is 21.6. The first-order chi connectivity index (χ1) is 16.5. The van der Waals surface area contributed by atoms with E-state index >= 15 is 0 Å². The maximum absolute atomic E-state index is 14.0. The molecule has 0 atom stereocenters. The molecule has 2 heterocycles. The molecule has 5 aromatic rings. The number of carbonyl (C=O) groups is 1. The number of nitrogens with zero attached hydrogens (tertiary/aromatic N) is 2. The lowest BCUT2D eigenvalue weighted by atomic mass is 10.0. The second-order valence-electron chi connectivity index (χ2n) is 8.31. The van der Waals surface area contributed by atoms with Crippen LogP contribution in [0.3, 0.4) is 0 Å². The standard InChI is InChI=1S/C27H23FN4O2/c1-32(16-24-29-22-10-6-5-9-20(22)27(34)31-24)25(33)14-12-19-21-15-18(28)11-13-23(21)30-26(19)17-7-3-2-4-8-17/h2-11,13,15,30H,12,14,16H2,1H3,(H,29,31,34). The molecule has 0 fully saturated rings. The Morgan fingerprint density at radius 1 is 0.971 bits per heavy atom. The van der Waals surface area contributed by atoms with Crippen LogP contribution < -0.4 is 5.56 Å². The predicted molar refractivity (Wildman–Crippen MR) is 131 cm³/mol. The van der Waals surface area contributed by atoms with E-state index in [0.717, 1.165) is 27.7 Å². The molecular weight excluding hydrogens is 431 g/mol. The number of halogens is 1. The summed E-state index contributed by atoms with van der Waals surface area (Å²) in [5, 5.41) is 1.29. The lowest BCUT2D eigenvalue weighted by molar-refractivity contribution is -0.130. The van der Waals surface area contributed by atoms with Gasteiger partial charge in [0.25, 0.3) is 5.56 Å². The third kappa shape index (κ3) is 4.20. The van der Waals surface area contributed by atoms with Crippen LogP contribution in [0.5, 0.6) is 0 Å². The number of aromatic amines is 2. The Labute approximate surface area is 195 Å². The minimum absolute atomic E-state index is 0.0967. The van der Waals surface area contributed by atoms with Gasteiger partial charge in [0.2, 0.25) is 5.91 Å². The van der Waals surface area contributed by atoms with Crippen LogP contribution >= 0.6 is 0 Å². The monoisotopic (exact) mass is 454 g/mol. The van der Waals surface area contributed by atoms with E-state index in [1.165, 1.54) is 12.1 Å². The van der Waals surface area contributed by atoms with Crippen LogP contribution in [0.1, 0.15) is 17.8 Å². The van der Waals surface area contributed by atoms with E-state index in [-0.39, 0.29) is 30.2 Å². The van der Waals surface area contributed by atoms with Crippen LogP contribution in [0, 0.1) is 5.82 Å². The highest BCUT2D eigenvalue weighted by molar-refractivity contribution is 5.91. The maximum Gasteiger partial charge on any atom is 0.258 e.